The highest BCUT2D eigenvalue weighted by molar-refractivity contribution is 5.84. The molecule has 0 radical (unpaired) electrons. The highest BCUT2D eigenvalue weighted by Gasteiger charge is 2.16. The summed E-state index contributed by atoms with van der Waals surface area (Å²) in [7, 11) is 4.94. The van der Waals surface area contributed by atoms with Gasteiger partial charge < -0.3 is 15.0 Å². The second kappa shape index (κ2) is 5.92. The largest absolute Gasteiger partial charge is 0.497 e. The molecule has 0 aliphatic rings. The van der Waals surface area contributed by atoms with Crippen LogP contribution in [0.15, 0.2) is 18.2 Å². The van der Waals surface area contributed by atoms with Crippen LogP contribution >= 0.6 is 0 Å². The van der Waals surface area contributed by atoms with Crippen molar-refractivity contribution in [2.24, 2.45) is 0 Å². The van der Waals surface area contributed by atoms with Gasteiger partial charge in [-0.2, -0.15) is 5.26 Å². The van der Waals surface area contributed by atoms with E-state index in [2.05, 4.69) is 11.4 Å². The molecule has 1 aromatic carbocycles. The summed E-state index contributed by atoms with van der Waals surface area (Å²) in [5, 5.41) is 12.0. The van der Waals surface area contributed by atoms with E-state index >= 15 is 0 Å². The fourth-order valence-electron chi connectivity index (χ4n) is 1.55. The Balaban J connectivity index is 2.96. The average molecular weight is 247 g/mol. The van der Waals surface area contributed by atoms with Crippen molar-refractivity contribution in [1.29, 1.82) is 5.26 Å². The Morgan fingerprint density at radius 1 is 1.50 bits per heavy atom. The number of ether oxygens (including phenoxy) is 1. The molecule has 0 spiro atoms. The third kappa shape index (κ3) is 3.14. The molecule has 0 saturated carbocycles. The summed E-state index contributed by atoms with van der Waals surface area (Å²) in [6.07, 6.45) is 0. The third-order valence-electron chi connectivity index (χ3n) is 2.53. The first-order chi connectivity index (χ1) is 8.49. The lowest BCUT2D eigenvalue weighted by Crippen LogP contribution is -2.36. The standard InChI is InChI=1S/C13H17N3O2/c1-9(13(17)16(2)3)15-12-7-11(18-4)6-5-10(12)8-14/h5-7,9,15H,1-4H3. The number of hydrogen-bond acceptors (Lipinski definition) is 4. The minimum Gasteiger partial charge on any atom is -0.497 e. The Labute approximate surface area is 107 Å². The maximum atomic E-state index is 11.8. The molecule has 5 nitrogen and oxygen atoms in total. The molecule has 1 amide bonds. The predicted octanol–water partition coefficient (Wildman–Crippen LogP) is 1.46. The monoisotopic (exact) mass is 247 g/mol. The van der Waals surface area contributed by atoms with Gasteiger partial charge in [-0.3, -0.25) is 4.79 Å². The second-order valence-electron chi connectivity index (χ2n) is 4.12. The molecule has 18 heavy (non-hydrogen) atoms. The molecule has 1 rings (SSSR count). The van der Waals surface area contributed by atoms with Crippen LogP contribution in [0.3, 0.4) is 0 Å². The predicted molar refractivity (Wildman–Crippen MR) is 69.5 cm³/mol. The Bertz CT molecular complexity index is 478. The van der Waals surface area contributed by atoms with Crippen molar-refractivity contribution in [2.75, 3.05) is 26.5 Å². The summed E-state index contributed by atoms with van der Waals surface area (Å²) in [5.74, 6) is 0.586. The zero-order valence-electron chi connectivity index (χ0n) is 11.0. The molecule has 1 unspecified atom stereocenters. The summed E-state index contributed by atoms with van der Waals surface area (Å²) in [4.78, 5) is 13.3. The Kier molecular flexibility index (Phi) is 4.55. The first kappa shape index (κ1) is 13.8. The molecule has 1 N–H and O–H groups in total. The van der Waals surface area contributed by atoms with E-state index < -0.39 is 6.04 Å². The Hall–Kier alpha value is -2.22. The van der Waals surface area contributed by atoms with Crippen LogP contribution in [0.1, 0.15) is 12.5 Å². The van der Waals surface area contributed by atoms with Gasteiger partial charge in [0.25, 0.3) is 0 Å². The molecule has 0 aliphatic heterocycles. The molecular formula is C13H17N3O2. The van der Waals surface area contributed by atoms with Crippen molar-refractivity contribution in [3.8, 4) is 11.8 Å². The van der Waals surface area contributed by atoms with Gasteiger partial charge >= 0.3 is 0 Å². The van der Waals surface area contributed by atoms with E-state index in [9.17, 15) is 4.79 Å². The molecular weight excluding hydrogens is 230 g/mol. The SMILES string of the molecule is COc1ccc(C#N)c(NC(C)C(=O)N(C)C)c1. The lowest BCUT2D eigenvalue weighted by molar-refractivity contribution is -0.129. The van der Waals surface area contributed by atoms with Crippen LogP contribution in [-0.2, 0) is 4.79 Å². The molecule has 0 bridgehead atoms. The highest BCUT2D eigenvalue weighted by atomic mass is 16.5. The van der Waals surface area contributed by atoms with Crippen LogP contribution in [0, 0.1) is 11.3 Å². The fourth-order valence-corrected chi connectivity index (χ4v) is 1.55. The summed E-state index contributed by atoms with van der Waals surface area (Å²) in [6, 6.07) is 6.75. The highest BCUT2D eigenvalue weighted by Crippen LogP contribution is 2.22. The van der Waals surface area contributed by atoms with Gasteiger partial charge in [0.15, 0.2) is 0 Å². The van der Waals surface area contributed by atoms with E-state index in [0.717, 1.165) is 0 Å². The molecule has 0 saturated heterocycles. The molecule has 5 heteroatoms. The number of likely N-dealkylation sites (N-methyl/N-ethyl adjacent to an activating group) is 1. The maximum Gasteiger partial charge on any atom is 0.244 e. The van der Waals surface area contributed by atoms with Gasteiger partial charge in [0.2, 0.25) is 5.91 Å². The summed E-state index contributed by atoms with van der Waals surface area (Å²) >= 11 is 0. The van der Waals surface area contributed by atoms with E-state index in [1.165, 1.54) is 4.90 Å². The molecule has 0 heterocycles. The van der Waals surface area contributed by atoms with E-state index in [4.69, 9.17) is 10.00 Å². The van der Waals surface area contributed by atoms with Crippen molar-refractivity contribution < 1.29 is 9.53 Å². The minimum atomic E-state index is -0.404. The van der Waals surface area contributed by atoms with Gasteiger partial charge in [0, 0.05) is 20.2 Å². The number of nitrogens with one attached hydrogen (secondary N) is 1. The normalized spacial score (nSPS) is 11.3. The van der Waals surface area contributed by atoms with Crippen LogP contribution in [0.4, 0.5) is 5.69 Å². The first-order valence-corrected chi connectivity index (χ1v) is 5.55. The molecule has 1 aromatic rings. The van der Waals surface area contributed by atoms with Gasteiger partial charge in [-0.1, -0.05) is 0 Å². The minimum absolute atomic E-state index is 0.0540. The van der Waals surface area contributed by atoms with Gasteiger partial charge in [0.05, 0.1) is 18.4 Å². The fraction of sp³-hybridized carbons (Fsp3) is 0.385. The topological polar surface area (TPSA) is 65.4 Å². The van der Waals surface area contributed by atoms with Crippen LogP contribution in [0.5, 0.6) is 5.75 Å². The maximum absolute atomic E-state index is 11.8. The Morgan fingerprint density at radius 3 is 2.67 bits per heavy atom. The quantitative estimate of drug-likeness (QED) is 0.874. The number of carbonyl (C=O) groups is 1. The summed E-state index contributed by atoms with van der Waals surface area (Å²) < 4.78 is 5.10. The number of amides is 1. The molecule has 1 atom stereocenters. The van der Waals surface area contributed by atoms with Gasteiger partial charge in [-0.15, -0.1) is 0 Å². The first-order valence-electron chi connectivity index (χ1n) is 5.55. The van der Waals surface area contributed by atoms with Gasteiger partial charge in [-0.25, -0.2) is 0 Å². The van der Waals surface area contributed by atoms with Gasteiger partial charge in [-0.05, 0) is 19.1 Å². The van der Waals surface area contributed by atoms with Gasteiger partial charge in [0.1, 0.15) is 17.9 Å². The average Bonchev–Trinajstić information content (AvgIpc) is 2.37. The van der Waals surface area contributed by atoms with Crippen LogP contribution in [0.25, 0.3) is 0 Å². The van der Waals surface area contributed by atoms with Crippen molar-refractivity contribution in [1.82, 2.24) is 4.90 Å². The number of nitrogens with zero attached hydrogens (tertiary/aromatic N) is 2. The van der Waals surface area contributed by atoms with Crippen LogP contribution in [-0.4, -0.2) is 38.1 Å². The molecule has 0 aromatic heterocycles. The van der Waals surface area contributed by atoms with Crippen molar-refractivity contribution in [3.05, 3.63) is 23.8 Å². The van der Waals surface area contributed by atoms with E-state index in [-0.39, 0.29) is 5.91 Å². The number of nitriles is 1. The van der Waals surface area contributed by atoms with Crippen molar-refractivity contribution in [2.45, 2.75) is 13.0 Å². The molecule has 0 aliphatic carbocycles. The summed E-state index contributed by atoms with van der Waals surface area (Å²) in [5.41, 5.74) is 1.08. The zero-order valence-corrected chi connectivity index (χ0v) is 11.0. The van der Waals surface area contributed by atoms with Crippen molar-refractivity contribution in [3.63, 3.8) is 0 Å². The lowest BCUT2D eigenvalue weighted by atomic mass is 10.1. The number of methoxy groups -OCH3 is 1. The number of carbonyl (C=O) groups excluding carboxylic acids is 1. The molecule has 96 valence electrons. The van der Waals surface area contributed by atoms with E-state index in [1.807, 2.05) is 0 Å². The second-order valence-corrected chi connectivity index (χ2v) is 4.12. The number of hydrogen-bond donors (Lipinski definition) is 1. The van der Waals surface area contributed by atoms with E-state index in [0.29, 0.717) is 17.0 Å². The number of anilines is 1. The zero-order chi connectivity index (χ0) is 13.7. The summed E-state index contributed by atoms with van der Waals surface area (Å²) in [6.45, 7) is 1.75. The van der Waals surface area contributed by atoms with E-state index in [1.54, 1.807) is 46.3 Å². The van der Waals surface area contributed by atoms with Crippen LogP contribution < -0.4 is 10.1 Å². The third-order valence-corrected chi connectivity index (χ3v) is 2.53. The van der Waals surface area contributed by atoms with Crippen LogP contribution in [0.2, 0.25) is 0 Å². The van der Waals surface area contributed by atoms with Crippen molar-refractivity contribution >= 4 is 11.6 Å². The molecule has 0 fully saturated rings. The smallest absolute Gasteiger partial charge is 0.244 e. The lowest BCUT2D eigenvalue weighted by Gasteiger charge is -2.19. The number of rotatable bonds is 4. The number of benzene rings is 1. The Morgan fingerprint density at radius 2 is 2.17 bits per heavy atom.